The Balaban J connectivity index is 1.66. The SMILES string of the molecule is Cc1ccccc1-c1nc2cc3c(cc2cc1CN1CCCC1CO)OCO3. The molecule has 3 aromatic rings. The second kappa shape index (κ2) is 7.08. The summed E-state index contributed by atoms with van der Waals surface area (Å²) in [5, 5.41) is 10.8. The molecule has 1 N–H and O–H groups in total. The van der Waals surface area contributed by atoms with E-state index in [1.807, 2.05) is 12.1 Å². The zero-order chi connectivity index (χ0) is 19.1. The number of likely N-dealkylation sites (tertiary alicyclic amines) is 1. The predicted molar refractivity (Wildman–Crippen MR) is 109 cm³/mol. The third-order valence-electron chi connectivity index (χ3n) is 5.87. The van der Waals surface area contributed by atoms with Crippen LogP contribution >= 0.6 is 0 Å². The lowest BCUT2D eigenvalue weighted by molar-refractivity contribution is 0.153. The first-order valence-corrected chi connectivity index (χ1v) is 9.87. The van der Waals surface area contributed by atoms with E-state index in [4.69, 9.17) is 14.5 Å². The van der Waals surface area contributed by atoms with Crippen molar-refractivity contribution in [1.29, 1.82) is 0 Å². The first kappa shape index (κ1) is 17.5. The molecule has 5 nitrogen and oxygen atoms in total. The summed E-state index contributed by atoms with van der Waals surface area (Å²) < 4.78 is 11.1. The van der Waals surface area contributed by atoms with Gasteiger partial charge in [-0.3, -0.25) is 4.90 Å². The fourth-order valence-corrected chi connectivity index (χ4v) is 4.33. The Morgan fingerprint density at radius 3 is 2.79 bits per heavy atom. The van der Waals surface area contributed by atoms with Gasteiger partial charge in [0.25, 0.3) is 0 Å². The van der Waals surface area contributed by atoms with Crippen LogP contribution in [0.1, 0.15) is 24.0 Å². The summed E-state index contributed by atoms with van der Waals surface area (Å²) >= 11 is 0. The molecule has 1 atom stereocenters. The number of hydrogen-bond acceptors (Lipinski definition) is 5. The fraction of sp³-hybridized carbons (Fsp3) is 0.348. The van der Waals surface area contributed by atoms with Gasteiger partial charge >= 0.3 is 0 Å². The van der Waals surface area contributed by atoms with Crippen LogP contribution in [0, 0.1) is 6.92 Å². The Kier molecular flexibility index (Phi) is 4.41. The summed E-state index contributed by atoms with van der Waals surface area (Å²) in [6, 6.07) is 14.8. The number of aliphatic hydroxyl groups is 1. The highest BCUT2D eigenvalue weighted by Gasteiger charge is 2.25. The van der Waals surface area contributed by atoms with Crippen LogP contribution < -0.4 is 9.47 Å². The molecule has 3 heterocycles. The van der Waals surface area contributed by atoms with E-state index in [2.05, 4.69) is 42.2 Å². The van der Waals surface area contributed by atoms with Gasteiger partial charge in [-0.1, -0.05) is 24.3 Å². The van der Waals surface area contributed by atoms with Crippen molar-refractivity contribution < 1.29 is 14.6 Å². The van der Waals surface area contributed by atoms with Crippen LogP contribution in [0.5, 0.6) is 11.5 Å². The second-order valence-corrected chi connectivity index (χ2v) is 7.66. The van der Waals surface area contributed by atoms with Crippen molar-refractivity contribution >= 4 is 10.9 Å². The molecule has 0 amide bonds. The number of ether oxygens (including phenoxy) is 2. The third-order valence-corrected chi connectivity index (χ3v) is 5.87. The summed E-state index contributed by atoms with van der Waals surface area (Å²) in [7, 11) is 0. The molecule has 1 aromatic heterocycles. The molecular formula is C23H24N2O3. The maximum absolute atomic E-state index is 9.73. The first-order valence-electron chi connectivity index (χ1n) is 9.87. The van der Waals surface area contributed by atoms with Crippen LogP contribution in [0.2, 0.25) is 0 Å². The average molecular weight is 376 g/mol. The van der Waals surface area contributed by atoms with Gasteiger partial charge in [-0.15, -0.1) is 0 Å². The molecule has 5 rings (SSSR count). The third kappa shape index (κ3) is 3.01. The zero-order valence-corrected chi connectivity index (χ0v) is 16.0. The largest absolute Gasteiger partial charge is 0.454 e. The Bertz CT molecular complexity index is 1030. The highest BCUT2D eigenvalue weighted by atomic mass is 16.7. The van der Waals surface area contributed by atoms with Crippen molar-refractivity contribution in [3.8, 4) is 22.8 Å². The summed E-state index contributed by atoms with van der Waals surface area (Å²) in [4.78, 5) is 7.42. The van der Waals surface area contributed by atoms with Crippen LogP contribution in [0.15, 0.2) is 42.5 Å². The summed E-state index contributed by atoms with van der Waals surface area (Å²) in [6.07, 6.45) is 2.18. The second-order valence-electron chi connectivity index (χ2n) is 7.66. The molecule has 1 unspecified atom stereocenters. The van der Waals surface area contributed by atoms with E-state index >= 15 is 0 Å². The molecule has 1 saturated heterocycles. The quantitative estimate of drug-likeness (QED) is 0.749. The summed E-state index contributed by atoms with van der Waals surface area (Å²) in [5.74, 6) is 1.53. The van der Waals surface area contributed by atoms with E-state index in [9.17, 15) is 5.11 Å². The van der Waals surface area contributed by atoms with Gasteiger partial charge in [0.15, 0.2) is 11.5 Å². The molecule has 0 bridgehead atoms. The van der Waals surface area contributed by atoms with Crippen LogP contribution in [-0.2, 0) is 6.54 Å². The first-order chi connectivity index (χ1) is 13.7. The topological polar surface area (TPSA) is 54.8 Å². The summed E-state index contributed by atoms with van der Waals surface area (Å²) in [5.41, 5.74) is 5.45. The minimum atomic E-state index is 0.208. The van der Waals surface area contributed by atoms with Crippen LogP contribution in [0.3, 0.4) is 0 Å². The fourth-order valence-electron chi connectivity index (χ4n) is 4.33. The number of rotatable bonds is 4. The lowest BCUT2D eigenvalue weighted by Gasteiger charge is -2.24. The van der Waals surface area contributed by atoms with Gasteiger partial charge in [0, 0.05) is 29.6 Å². The maximum Gasteiger partial charge on any atom is 0.231 e. The van der Waals surface area contributed by atoms with Gasteiger partial charge in [-0.05, 0) is 49.6 Å². The van der Waals surface area contributed by atoms with Gasteiger partial charge < -0.3 is 14.6 Å². The normalized spacial score (nSPS) is 18.9. The standard InChI is InChI=1S/C23H24N2O3/c1-15-5-2-3-7-19(15)23-17(12-25-8-4-6-18(25)13-26)9-16-10-21-22(28-14-27-21)11-20(16)24-23/h2-3,5,7,9-11,18,26H,4,6,8,12-14H2,1H3. The average Bonchev–Trinajstić information content (AvgIpc) is 3.35. The van der Waals surface area contributed by atoms with Gasteiger partial charge in [0.2, 0.25) is 6.79 Å². The Hall–Kier alpha value is -2.63. The van der Waals surface area contributed by atoms with E-state index in [0.717, 1.165) is 59.6 Å². The van der Waals surface area contributed by atoms with Crippen molar-refractivity contribution in [2.45, 2.75) is 32.4 Å². The van der Waals surface area contributed by atoms with Gasteiger partial charge in [-0.25, -0.2) is 4.98 Å². The molecule has 1 fully saturated rings. The van der Waals surface area contributed by atoms with Crippen molar-refractivity contribution in [2.24, 2.45) is 0 Å². The number of aromatic nitrogens is 1. The molecule has 28 heavy (non-hydrogen) atoms. The highest BCUT2D eigenvalue weighted by Crippen LogP contribution is 2.38. The molecule has 2 aromatic carbocycles. The van der Waals surface area contributed by atoms with Crippen LogP contribution in [0.4, 0.5) is 0 Å². The smallest absolute Gasteiger partial charge is 0.231 e. The Labute approximate surface area is 164 Å². The van der Waals surface area contributed by atoms with Crippen molar-refractivity contribution in [3.63, 3.8) is 0 Å². The number of aliphatic hydroxyl groups excluding tert-OH is 1. The lowest BCUT2D eigenvalue weighted by Crippen LogP contribution is -2.31. The number of pyridine rings is 1. The predicted octanol–water partition coefficient (Wildman–Crippen LogP) is 3.90. The lowest BCUT2D eigenvalue weighted by atomic mass is 9.99. The van der Waals surface area contributed by atoms with Crippen molar-refractivity contribution in [2.75, 3.05) is 19.9 Å². The number of benzene rings is 2. The molecule has 0 spiro atoms. The zero-order valence-electron chi connectivity index (χ0n) is 16.0. The minimum Gasteiger partial charge on any atom is -0.454 e. The number of fused-ring (bicyclic) bond motifs is 2. The number of nitrogens with zero attached hydrogens (tertiary/aromatic N) is 2. The molecule has 0 radical (unpaired) electrons. The van der Waals surface area contributed by atoms with Gasteiger partial charge in [-0.2, -0.15) is 0 Å². The molecule has 2 aliphatic heterocycles. The Morgan fingerprint density at radius 1 is 1.14 bits per heavy atom. The highest BCUT2D eigenvalue weighted by molar-refractivity contribution is 5.87. The van der Waals surface area contributed by atoms with Gasteiger partial charge in [0.05, 0.1) is 17.8 Å². The molecule has 0 aliphatic carbocycles. The molecule has 5 heteroatoms. The van der Waals surface area contributed by atoms with E-state index < -0.39 is 0 Å². The van der Waals surface area contributed by atoms with E-state index in [-0.39, 0.29) is 19.4 Å². The molecule has 0 saturated carbocycles. The molecule has 2 aliphatic rings. The van der Waals surface area contributed by atoms with E-state index in [0.29, 0.717) is 0 Å². The van der Waals surface area contributed by atoms with E-state index in [1.54, 1.807) is 0 Å². The van der Waals surface area contributed by atoms with Crippen LogP contribution in [-0.4, -0.2) is 41.0 Å². The monoisotopic (exact) mass is 376 g/mol. The molecular weight excluding hydrogens is 352 g/mol. The minimum absolute atomic E-state index is 0.208. The number of hydrogen-bond donors (Lipinski definition) is 1. The van der Waals surface area contributed by atoms with Gasteiger partial charge in [0.1, 0.15) is 0 Å². The molecule has 144 valence electrons. The number of aryl methyl sites for hydroxylation is 1. The van der Waals surface area contributed by atoms with Crippen LogP contribution in [0.25, 0.3) is 22.2 Å². The van der Waals surface area contributed by atoms with Crippen molar-refractivity contribution in [1.82, 2.24) is 9.88 Å². The van der Waals surface area contributed by atoms with E-state index in [1.165, 1.54) is 11.1 Å². The van der Waals surface area contributed by atoms with Crippen molar-refractivity contribution in [3.05, 3.63) is 53.6 Å². The maximum atomic E-state index is 9.73. The Morgan fingerprint density at radius 2 is 1.96 bits per heavy atom. The summed E-state index contributed by atoms with van der Waals surface area (Å²) in [6.45, 7) is 4.38.